The highest BCUT2D eigenvalue weighted by molar-refractivity contribution is 7.91. The normalized spacial score (nSPS) is 13.3. The highest BCUT2D eigenvalue weighted by Gasteiger charge is 2.28. The standard InChI is InChI=1S/C10H14N2O2S/c1-10(2,3)15(13,14)12-11-9-7-5-4-6-8-9/h4-8H,1-3H3. The van der Waals surface area contributed by atoms with Crippen LogP contribution in [0.5, 0.6) is 0 Å². The molecule has 0 saturated heterocycles. The van der Waals surface area contributed by atoms with Gasteiger partial charge >= 0.3 is 0 Å². The third-order valence-electron chi connectivity index (χ3n) is 1.79. The second-order valence-corrected chi connectivity index (χ2v) is 6.44. The van der Waals surface area contributed by atoms with Crippen LogP contribution in [0.25, 0.3) is 0 Å². The molecule has 0 amide bonds. The van der Waals surface area contributed by atoms with E-state index in [9.17, 15) is 8.42 Å². The molecule has 1 aromatic carbocycles. The predicted molar refractivity (Wildman–Crippen MR) is 59.6 cm³/mol. The molecule has 0 saturated carbocycles. The molecular formula is C10H14N2O2S. The Morgan fingerprint density at radius 3 is 2.07 bits per heavy atom. The molecule has 4 nitrogen and oxygen atoms in total. The molecule has 0 unspecified atom stereocenters. The van der Waals surface area contributed by atoms with Gasteiger partial charge in [0.2, 0.25) is 0 Å². The van der Waals surface area contributed by atoms with Gasteiger partial charge in [-0.15, -0.1) is 5.11 Å². The first kappa shape index (κ1) is 11.8. The molecule has 0 aliphatic rings. The van der Waals surface area contributed by atoms with Crippen LogP contribution >= 0.6 is 0 Å². The molecule has 0 bridgehead atoms. The minimum atomic E-state index is -3.54. The van der Waals surface area contributed by atoms with E-state index in [2.05, 4.69) is 9.63 Å². The molecule has 1 rings (SSSR count). The summed E-state index contributed by atoms with van der Waals surface area (Å²) in [6, 6.07) is 8.77. The zero-order valence-electron chi connectivity index (χ0n) is 9.01. The fourth-order valence-electron chi connectivity index (χ4n) is 0.718. The summed E-state index contributed by atoms with van der Waals surface area (Å²) in [5, 5.41) is 3.68. The van der Waals surface area contributed by atoms with E-state index in [0.717, 1.165) is 0 Å². The Labute approximate surface area is 90.1 Å². The van der Waals surface area contributed by atoms with Crippen molar-refractivity contribution in [2.75, 3.05) is 0 Å². The molecule has 1 aromatic rings. The van der Waals surface area contributed by atoms with Gasteiger partial charge in [-0.05, 0) is 32.9 Å². The van der Waals surface area contributed by atoms with E-state index in [-0.39, 0.29) is 0 Å². The summed E-state index contributed by atoms with van der Waals surface area (Å²) in [4.78, 5) is 0. The van der Waals surface area contributed by atoms with Gasteiger partial charge in [-0.25, -0.2) is 8.42 Å². The van der Waals surface area contributed by atoms with Crippen LogP contribution in [0.3, 0.4) is 0 Å². The Balaban J connectivity index is 2.93. The summed E-state index contributed by atoms with van der Waals surface area (Å²) in [6.45, 7) is 4.77. The Morgan fingerprint density at radius 1 is 1.07 bits per heavy atom. The minimum Gasteiger partial charge on any atom is -0.203 e. The number of nitrogens with zero attached hydrogens (tertiary/aromatic N) is 2. The van der Waals surface area contributed by atoms with Crippen LogP contribution in [0.2, 0.25) is 0 Å². The smallest absolute Gasteiger partial charge is 0.203 e. The number of hydrogen-bond acceptors (Lipinski definition) is 3. The minimum absolute atomic E-state index is 0.533. The van der Waals surface area contributed by atoms with Crippen LogP contribution in [0.4, 0.5) is 5.69 Å². The molecule has 0 heterocycles. The molecule has 0 N–H and O–H groups in total. The van der Waals surface area contributed by atoms with Crippen LogP contribution < -0.4 is 0 Å². The average molecular weight is 226 g/mol. The van der Waals surface area contributed by atoms with Crippen molar-refractivity contribution < 1.29 is 8.42 Å². The van der Waals surface area contributed by atoms with Gasteiger partial charge in [0.25, 0.3) is 10.0 Å². The molecule has 0 fully saturated rings. The third-order valence-corrected chi connectivity index (χ3v) is 3.64. The van der Waals surface area contributed by atoms with Gasteiger partial charge in [-0.3, -0.25) is 0 Å². The third kappa shape index (κ3) is 3.13. The van der Waals surface area contributed by atoms with Gasteiger partial charge in [-0.2, -0.15) is 0 Å². The largest absolute Gasteiger partial charge is 0.275 e. The van der Waals surface area contributed by atoms with Gasteiger partial charge in [0.1, 0.15) is 0 Å². The highest BCUT2D eigenvalue weighted by Crippen LogP contribution is 2.20. The molecule has 0 aromatic heterocycles. The van der Waals surface area contributed by atoms with E-state index >= 15 is 0 Å². The molecule has 0 aliphatic carbocycles. The Morgan fingerprint density at radius 2 is 1.60 bits per heavy atom. The summed E-state index contributed by atoms with van der Waals surface area (Å²) in [7, 11) is -3.54. The summed E-state index contributed by atoms with van der Waals surface area (Å²) >= 11 is 0. The first-order valence-corrected chi connectivity index (χ1v) is 5.99. The second-order valence-electron chi connectivity index (χ2n) is 4.10. The van der Waals surface area contributed by atoms with E-state index in [1.807, 2.05) is 6.07 Å². The fraction of sp³-hybridized carbons (Fsp3) is 0.400. The van der Waals surface area contributed by atoms with E-state index in [0.29, 0.717) is 5.69 Å². The molecular weight excluding hydrogens is 212 g/mol. The van der Waals surface area contributed by atoms with Crippen LogP contribution in [0.15, 0.2) is 40.0 Å². The van der Waals surface area contributed by atoms with Crippen molar-refractivity contribution in [3.8, 4) is 0 Å². The van der Waals surface area contributed by atoms with Crippen molar-refractivity contribution in [2.45, 2.75) is 25.5 Å². The molecule has 0 radical (unpaired) electrons. The lowest BCUT2D eigenvalue weighted by atomic mass is 10.3. The van der Waals surface area contributed by atoms with Crippen molar-refractivity contribution in [3.63, 3.8) is 0 Å². The first-order valence-electron chi connectivity index (χ1n) is 4.55. The van der Waals surface area contributed by atoms with Crippen molar-refractivity contribution >= 4 is 15.7 Å². The Bertz CT molecular complexity index is 444. The van der Waals surface area contributed by atoms with Crippen molar-refractivity contribution in [2.24, 2.45) is 9.63 Å². The summed E-state index contributed by atoms with van der Waals surface area (Å²) in [5.41, 5.74) is 0.533. The molecule has 0 atom stereocenters. The van der Waals surface area contributed by atoms with E-state index in [1.165, 1.54) is 0 Å². The number of rotatable bonds is 2. The van der Waals surface area contributed by atoms with E-state index in [1.54, 1.807) is 45.0 Å². The summed E-state index contributed by atoms with van der Waals surface area (Å²) in [5.74, 6) is 0. The van der Waals surface area contributed by atoms with Crippen molar-refractivity contribution in [1.82, 2.24) is 0 Å². The number of benzene rings is 1. The SMILES string of the molecule is CC(C)(C)S(=O)(=O)N=Nc1ccccc1. The molecule has 0 aliphatic heterocycles. The maximum Gasteiger partial charge on any atom is 0.275 e. The monoisotopic (exact) mass is 226 g/mol. The van der Waals surface area contributed by atoms with Gasteiger partial charge < -0.3 is 0 Å². The Hall–Kier alpha value is -1.23. The zero-order chi connectivity index (χ0) is 11.5. The maximum absolute atomic E-state index is 11.6. The molecule has 15 heavy (non-hydrogen) atoms. The summed E-state index contributed by atoms with van der Waals surface area (Å²) in [6.07, 6.45) is 0. The zero-order valence-corrected chi connectivity index (χ0v) is 9.82. The molecule has 0 spiro atoms. The lowest BCUT2D eigenvalue weighted by Gasteiger charge is -2.13. The van der Waals surface area contributed by atoms with Gasteiger partial charge in [-0.1, -0.05) is 22.7 Å². The van der Waals surface area contributed by atoms with Gasteiger partial charge in [0.15, 0.2) is 0 Å². The molecule has 82 valence electrons. The second kappa shape index (κ2) is 4.10. The summed E-state index contributed by atoms with van der Waals surface area (Å²) < 4.78 is 25.6. The first-order chi connectivity index (χ1) is 6.83. The van der Waals surface area contributed by atoms with Crippen LogP contribution in [-0.4, -0.2) is 13.2 Å². The lowest BCUT2D eigenvalue weighted by Crippen LogP contribution is -2.25. The molecule has 5 heteroatoms. The topological polar surface area (TPSA) is 58.9 Å². The fourth-order valence-corrected chi connectivity index (χ4v) is 1.16. The van der Waals surface area contributed by atoms with Crippen LogP contribution in [0, 0.1) is 0 Å². The van der Waals surface area contributed by atoms with Gasteiger partial charge in [0.05, 0.1) is 10.4 Å². The maximum atomic E-state index is 11.6. The van der Waals surface area contributed by atoms with Crippen LogP contribution in [-0.2, 0) is 10.0 Å². The predicted octanol–water partition coefficient (Wildman–Crippen LogP) is 2.90. The van der Waals surface area contributed by atoms with Crippen LogP contribution in [0.1, 0.15) is 20.8 Å². The van der Waals surface area contributed by atoms with Crippen molar-refractivity contribution in [3.05, 3.63) is 30.3 Å². The quantitative estimate of drug-likeness (QED) is 0.728. The van der Waals surface area contributed by atoms with E-state index in [4.69, 9.17) is 0 Å². The lowest BCUT2D eigenvalue weighted by molar-refractivity contribution is 0.559. The Kier molecular flexibility index (Phi) is 3.24. The van der Waals surface area contributed by atoms with Crippen molar-refractivity contribution in [1.29, 1.82) is 0 Å². The van der Waals surface area contributed by atoms with E-state index < -0.39 is 14.8 Å². The highest BCUT2D eigenvalue weighted by atomic mass is 32.2. The number of sulfonamides is 1. The number of hydrogen-bond donors (Lipinski definition) is 0. The average Bonchev–Trinajstić information content (AvgIpc) is 2.15. The van der Waals surface area contributed by atoms with Gasteiger partial charge in [0, 0.05) is 0 Å².